The summed E-state index contributed by atoms with van der Waals surface area (Å²) in [6, 6.07) is 3.60. The first-order valence-electron chi connectivity index (χ1n) is 4.78. The average molecular weight is 206 g/mol. The summed E-state index contributed by atoms with van der Waals surface area (Å²) in [7, 11) is 0. The molecule has 5 heteroatoms. The van der Waals surface area contributed by atoms with Crippen LogP contribution in [0.1, 0.15) is 6.92 Å². The van der Waals surface area contributed by atoms with Crippen molar-refractivity contribution in [2.45, 2.75) is 13.0 Å². The number of hydrogen-bond acceptors (Lipinski definition) is 3. The van der Waals surface area contributed by atoms with E-state index in [1.54, 1.807) is 12.1 Å². The second-order valence-electron chi connectivity index (χ2n) is 3.63. The van der Waals surface area contributed by atoms with Crippen molar-refractivity contribution in [3.8, 4) is 11.5 Å². The van der Waals surface area contributed by atoms with Gasteiger partial charge in [-0.05, 0) is 19.1 Å². The maximum atomic E-state index is 11.1. The molecule has 0 amide bonds. The minimum Gasteiger partial charge on any atom is -0.486 e. The van der Waals surface area contributed by atoms with Crippen LogP contribution in [0.3, 0.4) is 0 Å². The van der Waals surface area contributed by atoms with Gasteiger partial charge in [-0.15, -0.1) is 0 Å². The van der Waals surface area contributed by atoms with E-state index in [1.165, 1.54) is 0 Å². The van der Waals surface area contributed by atoms with Crippen LogP contribution in [0.4, 0.5) is 0 Å². The molecule has 0 spiro atoms. The Balaban J connectivity index is 2.31. The molecule has 1 aliphatic rings. The fraction of sp³-hybridized carbons (Fsp3) is 0.300. The van der Waals surface area contributed by atoms with Crippen LogP contribution < -0.4 is 15.2 Å². The zero-order chi connectivity index (χ0) is 10.4. The number of aromatic amines is 2. The van der Waals surface area contributed by atoms with Crippen LogP contribution in [-0.4, -0.2) is 22.7 Å². The van der Waals surface area contributed by atoms with Gasteiger partial charge in [-0.2, -0.15) is 0 Å². The Morgan fingerprint density at radius 1 is 1.40 bits per heavy atom. The number of hydrogen-bond donors (Lipinski definition) is 2. The SMILES string of the molecule is CC1COc2ccc3[nH]c(=O)[nH]c3c2O1. The van der Waals surface area contributed by atoms with E-state index in [2.05, 4.69) is 9.97 Å². The molecule has 0 aliphatic carbocycles. The molecule has 2 aromatic rings. The smallest absolute Gasteiger partial charge is 0.323 e. The van der Waals surface area contributed by atoms with E-state index in [0.717, 1.165) is 5.52 Å². The lowest BCUT2D eigenvalue weighted by molar-refractivity contribution is 0.106. The fourth-order valence-electron chi connectivity index (χ4n) is 1.73. The fourth-order valence-corrected chi connectivity index (χ4v) is 1.73. The summed E-state index contributed by atoms with van der Waals surface area (Å²) in [5, 5.41) is 0. The minimum absolute atomic E-state index is 0.00139. The molecular formula is C10H10N2O3. The monoisotopic (exact) mass is 206 g/mol. The van der Waals surface area contributed by atoms with E-state index in [1.807, 2.05) is 6.92 Å². The maximum Gasteiger partial charge on any atom is 0.323 e. The van der Waals surface area contributed by atoms with Crippen LogP contribution in [0.15, 0.2) is 16.9 Å². The van der Waals surface area contributed by atoms with E-state index in [0.29, 0.717) is 23.6 Å². The molecule has 1 unspecified atom stereocenters. The van der Waals surface area contributed by atoms with E-state index in [9.17, 15) is 4.79 Å². The molecule has 5 nitrogen and oxygen atoms in total. The lowest BCUT2D eigenvalue weighted by Crippen LogP contribution is -2.25. The average Bonchev–Trinajstić information content (AvgIpc) is 2.58. The standard InChI is InChI=1S/C10H10N2O3/c1-5-4-14-7-3-2-6-8(9(7)15-5)12-10(13)11-6/h2-3,5H,4H2,1H3,(H2,11,12,13). The molecule has 0 bridgehead atoms. The summed E-state index contributed by atoms with van der Waals surface area (Å²) < 4.78 is 11.1. The number of nitrogens with one attached hydrogen (secondary N) is 2. The highest BCUT2D eigenvalue weighted by atomic mass is 16.6. The Morgan fingerprint density at radius 2 is 2.27 bits per heavy atom. The lowest BCUT2D eigenvalue weighted by atomic mass is 10.2. The van der Waals surface area contributed by atoms with Gasteiger partial charge in [-0.1, -0.05) is 0 Å². The molecule has 1 atom stereocenters. The second-order valence-corrected chi connectivity index (χ2v) is 3.63. The van der Waals surface area contributed by atoms with Gasteiger partial charge in [-0.25, -0.2) is 4.79 Å². The van der Waals surface area contributed by atoms with Crippen LogP contribution in [0.5, 0.6) is 11.5 Å². The van der Waals surface area contributed by atoms with Crippen LogP contribution in [0.2, 0.25) is 0 Å². The normalized spacial score (nSPS) is 19.4. The third-order valence-corrected chi connectivity index (χ3v) is 2.40. The summed E-state index contributed by atoms with van der Waals surface area (Å²) in [5.74, 6) is 1.29. The van der Waals surface area contributed by atoms with Crippen molar-refractivity contribution in [3.05, 3.63) is 22.6 Å². The molecule has 0 saturated carbocycles. The van der Waals surface area contributed by atoms with Gasteiger partial charge in [0.1, 0.15) is 18.2 Å². The lowest BCUT2D eigenvalue weighted by Gasteiger charge is -2.23. The van der Waals surface area contributed by atoms with E-state index in [4.69, 9.17) is 9.47 Å². The van der Waals surface area contributed by atoms with Crippen molar-refractivity contribution in [1.82, 2.24) is 9.97 Å². The minimum atomic E-state index is -0.236. The molecule has 0 fully saturated rings. The zero-order valence-corrected chi connectivity index (χ0v) is 8.16. The van der Waals surface area contributed by atoms with Gasteiger partial charge in [0.15, 0.2) is 11.5 Å². The molecule has 2 heterocycles. The molecule has 0 radical (unpaired) electrons. The van der Waals surface area contributed by atoms with E-state index in [-0.39, 0.29) is 11.8 Å². The molecule has 1 aromatic heterocycles. The van der Waals surface area contributed by atoms with Crippen molar-refractivity contribution in [2.24, 2.45) is 0 Å². The van der Waals surface area contributed by atoms with Gasteiger partial charge >= 0.3 is 5.69 Å². The van der Waals surface area contributed by atoms with Crippen LogP contribution in [-0.2, 0) is 0 Å². The number of aromatic nitrogens is 2. The first kappa shape index (κ1) is 8.40. The highest BCUT2D eigenvalue weighted by molar-refractivity contribution is 5.84. The number of H-pyrrole nitrogens is 2. The highest BCUT2D eigenvalue weighted by Gasteiger charge is 2.20. The number of rotatable bonds is 0. The predicted molar refractivity (Wildman–Crippen MR) is 54.5 cm³/mol. The van der Waals surface area contributed by atoms with Crippen molar-refractivity contribution in [2.75, 3.05) is 6.61 Å². The molecule has 3 rings (SSSR count). The van der Waals surface area contributed by atoms with Gasteiger partial charge in [-0.3, -0.25) is 0 Å². The first-order valence-corrected chi connectivity index (χ1v) is 4.78. The van der Waals surface area contributed by atoms with Gasteiger partial charge in [0, 0.05) is 0 Å². The van der Waals surface area contributed by atoms with Crippen molar-refractivity contribution in [3.63, 3.8) is 0 Å². The highest BCUT2D eigenvalue weighted by Crippen LogP contribution is 2.36. The first-order chi connectivity index (χ1) is 7.24. The maximum absolute atomic E-state index is 11.1. The van der Waals surface area contributed by atoms with Crippen LogP contribution in [0.25, 0.3) is 11.0 Å². The Morgan fingerprint density at radius 3 is 3.13 bits per heavy atom. The van der Waals surface area contributed by atoms with Gasteiger partial charge in [0.2, 0.25) is 0 Å². The Bertz CT molecular complexity index is 570. The third-order valence-electron chi connectivity index (χ3n) is 2.40. The summed E-state index contributed by atoms with van der Waals surface area (Å²) in [6.45, 7) is 2.46. The molecule has 15 heavy (non-hydrogen) atoms. The van der Waals surface area contributed by atoms with Gasteiger partial charge < -0.3 is 19.4 Å². The van der Waals surface area contributed by atoms with Crippen molar-refractivity contribution in [1.29, 1.82) is 0 Å². The molecule has 1 aliphatic heterocycles. The number of benzene rings is 1. The van der Waals surface area contributed by atoms with Crippen molar-refractivity contribution < 1.29 is 9.47 Å². The zero-order valence-electron chi connectivity index (χ0n) is 8.16. The third kappa shape index (κ3) is 1.20. The number of fused-ring (bicyclic) bond motifs is 3. The predicted octanol–water partition coefficient (Wildman–Crippen LogP) is 1.02. The number of ether oxygens (including phenoxy) is 2. The second kappa shape index (κ2) is 2.79. The quantitative estimate of drug-likeness (QED) is 0.676. The Kier molecular flexibility index (Phi) is 1.56. The molecule has 2 N–H and O–H groups in total. The van der Waals surface area contributed by atoms with Crippen LogP contribution in [0, 0.1) is 0 Å². The largest absolute Gasteiger partial charge is 0.486 e. The summed E-state index contributed by atoms with van der Waals surface area (Å²) in [5.41, 5.74) is 1.17. The summed E-state index contributed by atoms with van der Waals surface area (Å²) in [4.78, 5) is 16.5. The molecule has 0 saturated heterocycles. The Hall–Kier alpha value is -1.91. The topological polar surface area (TPSA) is 67.1 Å². The molecule has 78 valence electrons. The van der Waals surface area contributed by atoms with Crippen LogP contribution >= 0.6 is 0 Å². The summed E-state index contributed by atoms with van der Waals surface area (Å²) in [6.07, 6.45) is 0.00139. The number of imidazole rings is 1. The molecular weight excluding hydrogens is 196 g/mol. The van der Waals surface area contributed by atoms with Crippen molar-refractivity contribution >= 4 is 11.0 Å². The van der Waals surface area contributed by atoms with Gasteiger partial charge in [0.05, 0.1) is 5.52 Å². The van der Waals surface area contributed by atoms with Gasteiger partial charge in [0.25, 0.3) is 0 Å². The summed E-state index contributed by atoms with van der Waals surface area (Å²) >= 11 is 0. The molecule has 1 aromatic carbocycles. The van der Waals surface area contributed by atoms with E-state index >= 15 is 0 Å². The van der Waals surface area contributed by atoms with E-state index < -0.39 is 0 Å². The Labute approximate surface area is 85.0 Å².